The second-order valence-corrected chi connectivity index (χ2v) is 5.08. The minimum absolute atomic E-state index is 0.254. The second-order valence-electron chi connectivity index (χ2n) is 5.08. The van der Waals surface area contributed by atoms with E-state index in [1.54, 1.807) is 6.07 Å². The van der Waals surface area contributed by atoms with Crippen molar-refractivity contribution in [3.05, 3.63) is 28.8 Å². The van der Waals surface area contributed by atoms with Crippen LogP contribution in [0.1, 0.15) is 16.7 Å². The van der Waals surface area contributed by atoms with Crippen LogP contribution in [-0.4, -0.2) is 33.2 Å². The van der Waals surface area contributed by atoms with E-state index in [4.69, 9.17) is 6.42 Å². The molecule has 1 aliphatic rings. The van der Waals surface area contributed by atoms with Gasteiger partial charge in [-0.3, -0.25) is 0 Å². The minimum Gasteiger partial charge on any atom is -0.449 e. The number of hydrogen-bond acceptors (Lipinski definition) is 2. The van der Waals surface area contributed by atoms with Crippen LogP contribution in [0.2, 0.25) is 0 Å². The van der Waals surface area contributed by atoms with Crippen LogP contribution in [0, 0.1) is 19.3 Å². The molecule has 6 heteroatoms. The van der Waals surface area contributed by atoms with Gasteiger partial charge in [-0.25, -0.2) is 0 Å². The summed E-state index contributed by atoms with van der Waals surface area (Å²) in [7, 11) is 0. The number of terminal acetylenes is 1. The predicted molar refractivity (Wildman–Crippen MR) is 77.0 cm³/mol. The molecule has 1 N–H and O–H groups in total. The van der Waals surface area contributed by atoms with E-state index in [0.29, 0.717) is 5.56 Å². The van der Waals surface area contributed by atoms with E-state index in [1.165, 1.54) is 6.07 Å². The number of anilines is 1. The van der Waals surface area contributed by atoms with Crippen LogP contribution in [0.3, 0.4) is 0 Å². The summed E-state index contributed by atoms with van der Waals surface area (Å²) in [6, 6.07) is 3.12. The summed E-state index contributed by atoms with van der Waals surface area (Å²) in [5, 5.41) is 3.23. The van der Waals surface area contributed by atoms with Gasteiger partial charge in [0.25, 0.3) is 0 Å². The minimum atomic E-state index is -4.85. The van der Waals surface area contributed by atoms with Crippen molar-refractivity contribution in [2.75, 3.05) is 31.1 Å². The van der Waals surface area contributed by atoms with Crippen LogP contribution < -0.4 is 10.2 Å². The molecule has 1 aromatic rings. The van der Waals surface area contributed by atoms with Crippen molar-refractivity contribution in [1.29, 1.82) is 0 Å². The molecule has 0 amide bonds. The molecule has 0 saturated carbocycles. The molecule has 20 heavy (non-hydrogen) atoms. The Labute approximate surface area is 117 Å². The third-order valence-electron chi connectivity index (χ3n) is 3.52. The van der Waals surface area contributed by atoms with Crippen molar-refractivity contribution < 1.29 is 12.9 Å². The normalized spacial score (nSPS) is 16.1. The van der Waals surface area contributed by atoms with Gasteiger partial charge in [0.05, 0.1) is 0 Å². The zero-order valence-corrected chi connectivity index (χ0v) is 11.4. The lowest BCUT2D eigenvalue weighted by Gasteiger charge is -2.32. The zero-order chi connectivity index (χ0) is 14.8. The Balaban J connectivity index is 2.39. The van der Waals surface area contributed by atoms with E-state index in [-0.39, 0.29) is 5.56 Å². The van der Waals surface area contributed by atoms with Crippen molar-refractivity contribution in [2.24, 2.45) is 0 Å². The fourth-order valence-corrected chi connectivity index (χ4v) is 2.53. The van der Waals surface area contributed by atoms with Gasteiger partial charge < -0.3 is 23.2 Å². The van der Waals surface area contributed by atoms with Gasteiger partial charge in [-0.05, 0) is 24.6 Å². The number of nitrogens with one attached hydrogen (secondary N) is 1. The first-order valence-electron chi connectivity index (χ1n) is 6.67. The van der Waals surface area contributed by atoms with Gasteiger partial charge in [0.15, 0.2) is 0 Å². The Bertz CT molecular complexity index is 528. The first-order chi connectivity index (χ1) is 9.40. The van der Waals surface area contributed by atoms with Gasteiger partial charge in [-0.1, -0.05) is 17.8 Å². The SMILES string of the molecule is C#Cc1cc(C[B-](F)(F)F)cc(N2CCNCC2)c1C. The van der Waals surface area contributed by atoms with Crippen LogP contribution in [0.15, 0.2) is 12.1 Å². The van der Waals surface area contributed by atoms with Crippen molar-refractivity contribution in [1.82, 2.24) is 5.32 Å². The molecule has 0 atom stereocenters. The van der Waals surface area contributed by atoms with Crippen LogP contribution in [0.25, 0.3) is 0 Å². The van der Waals surface area contributed by atoms with Crippen molar-refractivity contribution >= 4 is 12.7 Å². The molecule has 0 bridgehead atoms. The molecule has 108 valence electrons. The fourth-order valence-electron chi connectivity index (χ4n) is 2.53. The Kier molecular flexibility index (Phi) is 4.29. The maximum Gasteiger partial charge on any atom is 0.482 e. The molecule has 0 spiro atoms. The molecule has 2 nitrogen and oxygen atoms in total. The molecule has 1 aliphatic heterocycles. The molecule has 1 fully saturated rings. The molecule has 2 rings (SSSR count). The summed E-state index contributed by atoms with van der Waals surface area (Å²) in [5.41, 5.74) is 2.52. The number of rotatable bonds is 3. The van der Waals surface area contributed by atoms with Gasteiger partial charge in [-0.2, -0.15) is 0 Å². The molecular formula is C14H17BF3N2-. The maximum atomic E-state index is 12.6. The average Bonchev–Trinajstić information content (AvgIpc) is 2.40. The van der Waals surface area contributed by atoms with E-state index < -0.39 is 13.3 Å². The summed E-state index contributed by atoms with van der Waals surface area (Å²) in [6.45, 7) is 0.248. The summed E-state index contributed by atoms with van der Waals surface area (Å²) in [4.78, 5) is 2.10. The zero-order valence-electron chi connectivity index (χ0n) is 11.4. The van der Waals surface area contributed by atoms with Crippen LogP contribution >= 0.6 is 0 Å². The smallest absolute Gasteiger partial charge is 0.449 e. The highest BCUT2D eigenvalue weighted by molar-refractivity contribution is 6.57. The number of piperazine rings is 1. The lowest BCUT2D eigenvalue weighted by atomic mass is 9.81. The van der Waals surface area contributed by atoms with Crippen LogP contribution in [0.5, 0.6) is 0 Å². The molecular weight excluding hydrogens is 264 g/mol. The highest BCUT2D eigenvalue weighted by atomic mass is 19.4. The van der Waals surface area contributed by atoms with Crippen molar-refractivity contribution in [2.45, 2.75) is 13.2 Å². The van der Waals surface area contributed by atoms with Gasteiger partial charge >= 0.3 is 6.98 Å². The average molecular weight is 281 g/mol. The predicted octanol–water partition coefficient (Wildman–Crippen LogP) is 2.32. The van der Waals surface area contributed by atoms with Gasteiger partial charge in [0.1, 0.15) is 0 Å². The van der Waals surface area contributed by atoms with Gasteiger partial charge in [0.2, 0.25) is 0 Å². The third-order valence-corrected chi connectivity index (χ3v) is 3.52. The quantitative estimate of drug-likeness (QED) is 0.675. The summed E-state index contributed by atoms with van der Waals surface area (Å²) < 4.78 is 37.9. The molecule has 1 saturated heterocycles. The monoisotopic (exact) mass is 281 g/mol. The van der Waals surface area contributed by atoms with Gasteiger partial charge in [-0.15, -0.1) is 6.42 Å². The Hall–Kier alpha value is -1.61. The van der Waals surface area contributed by atoms with E-state index >= 15 is 0 Å². The second kappa shape index (κ2) is 5.80. The first kappa shape index (κ1) is 14.8. The largest absolute Gasteiger partial charge is 0.482 e. The Morgan fingerprint density at radius 3 is 2.50 bits per heavy atom. The van der Waals surface area contributed by atoms with Crippen molar-refractivity contribution in [3.8, 4) is 12.3 Å². The van der Waals surface area contributed by atoms with Crippen LogP contribution in [-0.2, 0) is 6.32 Å². The molecule has 1 aromatic carbocycles. The summed E-state index contributed by atoms with van der Waals surface area (Å²) in [5.74, 6) is 2.50. The molecule has 0 radical (unpaired) electrons. The van der Waals surface area contributed by atoms with E-state index in [2.05, 4.69) is 16.1 Å². The first-order valence-corrected chi connectivity index (χ1v) is 6.67. The molecule has 0 aromatic heterocycles. The number of halogens is 3. The highest BCUT2D eigenvalue weighted by Crippen LogP contribution is 2.28. The van der Waals surface area contributed by atoms with Gasteiger partial charge in [0, 0.05) is 37.4 Å². The number of benzene rings is 1. The molecule has 0 aliphatic carbocycles. The van der Waals surface area contributed by atoms with E-state index in [9.17, 15) is 12.9 Å². The summed E-state index contributed by atoms with van der Waals surface area (Å²) >= 11 is 0. The topological polar surface area (TPSA) is 15.3 Å². The Morgan fingerprint density at radius 1 is 1.30 bits per heavy atom. The number of nitrogens with zero attached hydrogens (tertiary/aromatic N) is 1. The highest BCUT2D eigenvalue weighted by Gasteiger charge is 2.24. The van der Waals surface area contributed by atoms with E-state index in [0.717, 1.165) is 37.4 Å². The number of hydrogen-bond donors (Lipinski definition) is 1. The molecule has 0 unspecified atom stereocenters. The van der Waals surface area contributed by atoms with E-state index in [1.807, 2.05) is 6.92 Å². The Morgan fingerprint density at radius 2 is 1.95 bits per heavy atom. The maximum absolute atomic E-state index is 12.6. The van der Waals surface area contributed by atoms with Crippen LogP contribution in [0.4, 0.5) is 18.6 Å². The molecule has 1 heterocycles. The summed E-state index contributed by atoms with van der Waals surface area (Å²) in [6.07, 6.45) is 4.54. The standard InChI is InChI=1S/C14H17BF3N2/c1-3-13-8-12(10-15(16,17)18)9-14(11(13)2)20-6-4-19-5-7-20/h1,8-9,19H,4-7,10H2,2H3/q-1. The van der Waals surface area contributed by atoms with Crippen molar-refractivity contribution in [3.63, 3.8) is 0 Å². The third kappa shape index (κ3) is 3.48. The lowest BCUT2D eigenvalue weighted by molar-refractivity contribution is 0.468. The lowest BCUT2D eigenvalue weighted by Crippen LogP contribution is -2.44. The fraction of sp³-hybridized carbons (Fsp3) is 0.429.